The molecule has 0 fully saturated rings. The summed E-state index contributed by atoms with van der Waals surface area (Å²) in [6.07, 6.45) is 1.58. The summed E-state index contributed by atoms with van der Waals surface area (Å²) >= 11 is 0. The first kappa shape index (κ1) is 8.71. The topological polar surface area (TPSA) is 73.1 Å². The van der Waals surface area contributed by atoms with Crippen molar-refractivity contribution in [1.29, 1.82) is 0 Å². The molecule has 1 heterocycles. The molecule has 5 heteroatoms. The van der Waals surface area contributed by atoms with Gasteiger partial charge in [-0.2, -0.15) is 0 Å². The minimum atomic E-state index is 0.533. The average Bonchev–Trinajstić information content (AvgIpc) is 2.27. The monoisotopic (exact) mass is 190 g/mol. The predicted molar refractivity (Wildman–Crippen MR) is 53.9 cm³/mol. The number of hydrogen-bond acceptors (Lipinski definition) is 5. The zero-order valence-corrected chi connectivity index (χ0v) is 7.69. The fraction of sp³-hybridized carbons (Fsp3) is 0.111. The van der Waals surface area contributed by atoms with Crippen LogP contribution in [0.5, 0.6) is 5.75 Å². The van der Waals surface area contributed by atoms with Gasteiger partial charge in [-0.25, -0.2) is 10.8 Å². The number of nitrogen functional groups attached to an aromatic ring is 1. The lowest BCUT2D eigenvalue weighted by molar-refractivity contribution is 0.415. The lowest BCUT2D eigenvalue weighted by Gasteiger charge is -2.03. The number of hydrogen-bond donors (Lipinski definition) is 2. The molecule has 0 saturated heterocycles. The Hall–Kier alpha value is -1.88. The summed E-state index contributed by atoms with van der Waals surface area (Å²) in [4.78, 5) is 8.39. The van der Waals surface area contributed by atoms with Crippen molar-refractivity contribution in [3.8, 4) is 5.75 Å². The van der Waals surface area contributed by atoms with Crippen molar-refractivity contribution in [2.24, 2.45) is 5.84 Å². The summed E-state index contributed by atoms with van der Waals surface area (Å²) in [6.45, 7) is 0. The molecule has 0 atom stereocenters. The van der Waals surface area contributed by atoms with Crippen LogP contribution in [0.3, 0.4) is 0 Å². The molecule has 0 bridgehead atoms. The van der Waals surface area contributed by atoms with Crippen LogP contribution in [0.4, 0.5) is 5.82 Å². The Morgan fingerprint density at radius 3 is 2.93 bits per heavy atom. The second-order valence-electron chi connectivity index (χ2n) is 2.75. The van der Waals surface area contributed by atoms with E-state index in [4.69, 9.17) is 10.6 Å². The lowest BCUT2D eigenvalue weighted by atomic mass is 10.3. The van der Waals surface area contributed by atoms with Crippen LogP contribution in [0.25, 0.3) is 11.0 Å². The number of nitrogens with zero attached hydrogens (tertiary/aromatic N) is 2. The molecule has 3 N–H and O–H groups in total. The van der Waals surface area contributed by atoms with E-state index in [1.165, 1.54) is 0 Å². The first-order chi connectivity index (χ1) is 6.83. The third-order valence-corrected chi connectivity index (χ3v) is 1.90. The Bertz CT molecular complexity index is 419. The number of hydrazine groups is 1. The molecule has 0 saturated carbocycles. The van der Waals surface area contributed by atoms with Gasteiger partial charge in [0.25, 0.3) is 0 Å². The lowest BCUT2D eigenvalue weighted by Crippen LogP contribution is -2.08. The van der Waals surface area contributed by atoms with E-state index >= 15 is 0 Å². The number of methoxy groups -OCH3 is 1. The molecular weight excluding hydrogens is 180 g/mol. The van der Waals surface area contributed by atoms with E-state index < -0.39 is 0 Å². The molecule has 0 radical (unpaired) electrons. The van der Waals surface area contributed by atoms with Crippen molar-refractivity contribution in [3.63, 3.8) is 0 Å². The van der Waals surface area contributed by atoms with E-state index in [9.17, 15) is 0 Å². The van der Waals surface area contributed by atoms with Crippen LogP contribution in [0.1, 0.15) is 0 Å². The molecule has 5 nitrogen and oxygen atoms in total. The number of nitrogens with two attached hydrogens (primary N) is 1. The van der Waals surface area contributed by atoms with Crippen LogP contribution in [0.2, 0.25) is 0 Å². The Morgan fingerprint density at radius 1 is 1.36 bits per heavy atom. The quantitative estimate of drug-likeness (QED) is 0.544. The number of rotatable bonds is 2. The SMILES string of the molecule is COc1ccc2ncc(NN)nc2c1. The Kier molecular flexibility index (Phi) is 2.16. The summed E-state index contributed by atoms with van der Waals surface area (Å²) < 4.78 is 5.08. The molecule has 1 aromatic carbocycles. The van der Waals surface area contributed by atoms with Gasteiger partial charge in [-0.1, -0.05) is 0 Å². The van der Waals surface area contributed by atoms with Crippen molar-refractivity contribution in [3.05, 3.63) is 24.4 Å². The standard InChI is InChI=1S/C9H10N4O/c1-14-6-2-3-7-8(4-6)12-9(13-10)5-11-7/h2-5H,10H2,1H3,(H,12,13). The Labute approximate surface area is 80.9 Å². The highest BCUT2D eigenvalue weighted by Gasteiger charge is 1.99. The third kappa shape index (κ3) is 1.45. The van der Waals surface area contributed by atoms with E-state index in [1.807, 2.05) is 18.2 Å². The van der Waals surface area contributed by atoms with Gasteiger partial charge < -0.3 is 10.2 Å². The maximum absolute atomic E-state index is 5.23. The summed E-state index contributed by atoms with van der Waals surface area (Å²) in [5, 5.41) is 0. The summed E-state index contributed by atoms with van der Waals surface area (Å²) in [7, 11) is 1.61. The van der Waals surface area contributed by atoms with Crippen molar-refractivity contribution in [2.45, 2.75) is 0 Å². The van der Waals surface area contributed by atoms with Crippen LogP contribution in [0, 0.1) is 0 Å². The molecule has 0 amide bonds. The van der Waals surface area contributed by atoms with Gasteiger partial charge in [0.1, 0.15) is 5.75 Å². The second kappa shape index (κ2) is 3.47. The first-order valence-electron chi connectivity index (χ1n) is 4.11. The Balaban J connectivity index is 2.60. The number of benzene rings is 1. The van der Waals surface area contributed by atoms with Gasteiger partial charge in [-0.3, -0.25) is 4.98 Å². The number of fused-ring (bicyclic) bond motifs is 1. The van der Waals surface area contributed by atoms with Crippen LogP contribution < -0.4 is 16.0 Å². The highest BCUT2D eigenvalue weighted by molar-refractivity contribution is 5.77. The third-order valence-electron chi connectivity index (χ3n) is 1.90. The summed E-state index contributed by atoms with van der Waals surface area (Å²) in [5.74, 6) is 6.51. The molecular formula is C9H10N4O. The minimum Gasteiger partial charge on any atom is -0.497 e. The van der Waals surface area contributed by atoms with E-state index in [0.29, 0.717) is 5.82 Å². The molecule has 2 aromatic rings. The van der Waals surface area contributed by atoms with Gasteiger partial charge in [0.15, 0.2) is 5.82 Å². The van der Waals surface area contributed by atoms with Crippen molar-refractivity contribution in [1.82, 2.24) is 9.97 Å². The largest absolute Gasteiger partial charge is 0.497 e. The molecule has 0 spiro atoms. The molecule has 0 aliphatic carbocycles. The summed E-state index contributed by atoms with van der Waals surface area (Å²) in [6, 6.07) is 5.50. The van der Waals surface area contributed by atoms with Crippen LogP contribution >= 0.6 is 0 Å². The van der Waals surface area contributed by atoms with Gasteiger partial charge in [0.05, 0.1) is 24.3 Å². The highest BCUT2D eigenvalue weighted by Crippen LogP contribution is 2.18. The second-order valence-corrected chi connectivity index (χ2v) is 2.75. The summed E-state index contributed by atoms with van der Waals surface area (Å²) in [5.41, 5.74) is 4.00. The molecule has 72 valence electrons. The minimum absolute atomic E-state index is 0.533. The molecule has 0 aliphatic heterocycles. The van der Waals surface area contributed by atoms with Gasteiger partial charge >= 0.3 is 0 Å². The van der Waals surface area contributed by atoms with E-state index in [1.54, 1.807) is 13.3 Å². The van der Waals surface area contributed by atoms with Crippen molar-refractivity contribution in [2.75, 3.05) is 12.5 Å². The maximum Gasteiger partial charge on any atom is 0.159 e. The number of aromatic nitrogens is 2. The average molecular weight is 190 g/mol. The predicted octanol–water partition coefficient (Wildman–Crippen LogP) is 0.924. The number of anilines is 1. The van der Waals surface area contributed by atoms with E-state index in [2.05, 4.69) is 15.4 Å². The number of ether oxygens (including phenoxy) is 1. The fourth-order valence-corrected chi connectivity index (χ4v) is 1.19. The zero-order valence-electron chi connectivity index (χ0n) is 7.69. The molecule has 2 rings (SSSR count). The van der Waals surface area contributed by atoms with Gasteiger partial charge in [0, 0.05) is 6.07 Å². The highest BCUT2D eigenvalue weighted by atomic mass is 16.5. The van der Waals surface area contributed by atoms with Crippen LogP contribution in [-0.2, 0) is 0 Å². The van der Waals surface area contributed by atoms with Gasteiger partial charge in [-0.15, -0.1) is 0 Å². The van der Waals surface area contributed by atoms with Crippen LogP contribution in [-0.4, -0.2) is 17.1 Å². The zero-order chi connectivity index (χ0) is 9.97. The van der Waals surface area contributed by atoms with Crippen LogP contribution in [0.15, 0.2) is 24.4 Å². The smallest absolute Gasteiger partial charge is 0.159 e. The maximum atomic E-state index is 5.23. The van der Waals surface area contributed by atoms with E-state index in [-0.39, 0.29) is 0 Å². The first-order valence-corrected chi connectivity index (χ1v) is 4.11. The molecule has 14 heavy (non-hydrogen) atoms. The molecule has 1 aromatic heterocycles. The van der Waals surface area contributed by atoms with Gasteiger partial charge in [0.2, 0.25) is 0 Å². The normalized spacial score (nSPS) is 10.1. The Morgan fingerprint density at radius 2 is 2.21 bits per heavy atom. The number of nitrogens with one attached hydrogen (secondary N) is 1. The van der Waals surface area contributed by atoms with Crippen molar-refractivity contribution < 1.29 is 4.74 Å². The molecule has 0 aliphatic rings. The fourth-order valence-electron chi connectivity index (χ4n) is 1.19. The van der Waals surface area contributed by atoms with Crippen molar-refractivity contribution >= 4 is 16.9 Å². The molecule has 0 unspecified atom stereocenters. The van der Waals surface area contributed by atoms with E-state index in [0.717, 1.165) is 16.8 Å². The van der Waals surface area contributed by atoms with Gasteiger partial charge in [-0.05, 0) is 12.1 Å².